The molecule has 0 radical (unpaired) electrons. The molecule has 12 heavy (non-hydrogen) atoms. The number of halogens is 3. The van der Waals surface area contributed by atoms with Gasteiger partial charge in [-0.05, 0) is 18.8 Å². The second kappa shape index (κ2) is 4.70. The highest BCUT2D eigenvalue weighted by Crippen LogP contribution is 2.25. The summed E-state index contributed by atoms with van der Waals surface area (Å²) in [4.78, 5) is 0. The standard InChI is InChI=1S/C8H15F3O/c1-3-7(12)6(2)4-5-8(9,10)11/h6-7,12H,3-5H2,1-2H3. The smallest absolute Gasteiger partial charge is 0.389 e. The Morgan fingerprint density at radius 3 is 2.17 bits per heavy atom. The van der Waals surface area contributed by atoms with Gasteiger partial charge in [-0.2, -0.15) is 13.2 Å². The molecule has 2 unspecified atom stereocenters. The molecule has 0 amide bonds. The van der Waals surface area contributed by atoms with Crippen molar-refractivity contribution in [2.24, 2.45) is 5.92 Å². The lowest BCUT2D eigenvalue weighted by atomic mass is 9.97. The van der Waals surface area contributed by atoms with Gasteiger partial charge in [0.2, 0.25) is 0 Å². The molecule has 0 bridgehead atoms. The third-order valence-corrected chi connectivity index (χ3v) is 1.96. The number of aliphatic hydroxyl groups excluding tert-OH is 1. The first-order valence-corrected chi connectivity index (χ1v) is 4.11. The van der Waals surface area contributed by atoms with Crippen LogP contribution in [0.3, 0.4) is 0 Å². The van der Waals surface area contributed by atoms with Gasteiger partial charge in [0.15, 0.2) is 0 Å². The first-order valence-electron chi connectivity index (χ1n) is 4.11. The fourth-order valence-corrected chi connectivity index (χ4v) is 0.986. The van der Waals surface area contributed by atoms with E-state index in [-0.39, 0.29) is 12.3 Å². The minimum Gasteiger partial charge on any atom is -0.393 e. The van der Waals surface area contributed by atoms with Crippen LogP contribution in [0, 0.1) is 5.92 Å². The van der Waals surface area contributed by atoms with Crippen LogP contribution in [0.5, 0.6) is 0 Å². The topological polar surface area (TPSA) is 20.2 Å². The highest BCUT2D eigenvalue weighted by atomic mass is 19.4. The van der Waals surface area contributed by atoms with Gasteiger partial charge in [0.25, 0.3) is 0 Å². The molecular formula is C8H15F3O. The van der Waals surface area contributed by atoms with E-state index in [1.807, 2.05) is 0 Å². The van der Waals surface area contributed by atoms with Crippen LogP contribution >= 0.6 is 0 Å². The Morgan fingerprint density at radius 1 is 1.33 bits per heavy atom. The number of aliphatic hydroxyl groups is 1. The molecule has 0 saturated heterocycles. The summed E-state index contributed by atoms with van der Waals surface area (Å²) in [7, 11) is 0. The predicted molar refractivity (Wildman–Crippen MR) is 40.8 cm³/mol. The van der Waals surface area contributed by atoms with Gasteiger partial charge in [0, 0.05) is 6.42 Å². The molecule has 0 aromatic rings. The Balaban J connectivity index is 3.64. The summed E-state index contributed by atoms with van der Waals surface area (Å²) < 4.78 is 35.1. The Morgan fingerprint density at radius 2 is 1.83 bits per heavy atom. The van der Waals surface area contributed by atoms with Crippen molar-refractivity contribution in [3.8, 4) is 0 Å². The van der Waals surface area contributed by atoms with Crippen LogP contribution in [0.4, 0.5) is 13.2 Å². The monoisotopic (exact) mass is 184 g/mol. The largest absolute Gasteiger partial charge is 0.393 e. The molecular weight excluding hydrogens is 169 g/mol. The number of alkyl halides is 3. The number of rotatable bonds is 4. The molecule has 0 saturated carbocycles. The third-order valence-electron chi connectivity index (χ3n) is 1.96. The summed E-state index contributed by atoms with van der Waals surface area (Å²) in [5.41, 5.74) is 0. The van der Waals surface area contributed by atoms with Gasteiger partial charge in [-0.3, -0.25) is 0 Å². The molecule has 0 fully saturated rings. The molecule has 1 nitrogen and oxygen atoms in total. The minimum atomic E-state index is -4.10. The molecule has 0 spiro atoms. The lowest BCUT2D eigenvalue weighted by Crippen LogP contribution is -2.19. The first-order chi connectivity index (χ1) is 5.37. The van der Waals surface area contributed by atoms with E-state index in [0.29, 0.717) is 6.42 Å². The van der Waals surface area contributed by atoms with Gasteiger partial charge < -0.3 is 5.11 Å². The second-order valence-electron chi connectivity index (χ2n) is 3.11. The van der Waals surface area contributed by atoms with Crippen molar-refractivity contribution in [3.63, 3.8) is 0 Å². The van der Waals surface area contributed by atoms with Crippen LogP contribution < -0.4 is 0 Å². The lowest BCUT2D eigenvalue weighted by Gasteiger charge is -2.17. The van der Waals surface area contributed by atoms with Crippen molar-refractivity contribution in [2.75, 3.05) is 0 Å². The summed E-state index contributed by atoms with van der Waals surface area (Å²) in [5.74, 6) is -0.267. The van der Waals surface area contributed by atoms with E-state index in [1.165, 1.54) is 0 Å². The summed E-state index contributed by atoms with van der Waals surface area (Å²) in [6.45, 7) is 3.40. The zero-order valence-electron chi connectivity index (χ0n) is 7.36. The Bertz CT molecular complexity index is 122. The fourth-order valence-electron chi connectivity index (χ4n) is 0.986. The van der Waals surface area contributed by atoms with Gasteiger partial charge in [0.05, 0.1) is 6.10 Å². The summed E-state index contributed by atoms with van der Waals surface area (Å²) in [6, 6.07) is 0. The Labute approximate surface area is 70.6 Å². The van der Waals surface area contributed by atoms with Crippen LogP contribution in [0.2, 0.25) is 0 Å². The van der Waals surface area contributed by atoms with E-state index in [1.54, 1.807) is 13.8 Å². The lowest BCUT2D eigenvalue weighted by molar-refractivity contribution is -0.139. The second-order valence-corrected chi connectivity index (χ2v) is 3.11. The van der Waals surface area contributed by atoms with E-state index in [4.69, 9.17) is 5.11 Å². The normalized spacial score (nSPS) is 17.5. The summed E-state index contributed by atoms with van der Waals surface area (Å²) in [5, 5.41) is 9.16. The molecule has 0 aliphatic carbocycles. The van der Waals surface area contributed by atoms with E-state index >= 15 is 0 Å². The summed E-state index contributed by atoms with van der Waals surface area (Å²) >= 11 is 0. The van der Waals surface area contributed by atoms with Gasteiger partial charge >= 0.3 is 6.18 Å². The van der Waals surface area contributed by atoms with E-state index in [9.17, 15) is 13.2 Å². The van der Waals surface area contributed by atoms with Crippen LogP contribution in [-0.2, 0) is 0 Å². The molecule has 0 aromatic heterocycles. The maximum Gasteiger partial charge on any atom is 0.389 e. The van der Waals surface area contributed by atoms with E-state index in [0.717, 1.165) is 0 Å². The maximum atomic E-state index is 11.7. The molecule has 1 N–H and O–H groups in total. The highest BCUT2D eigenvalue weighted by molar-refractivity contribution is 4.64. The predicted octanol–water partition coefficient (Wildman–Crippen LogP) is 2.74. The molecule has 0 aromatic carbocycles. The van der Waals surface area contributed by atoms with Gasteiger partial charge in [-0.25, -0.2) is 0 Å². The fraction of sp³-hybridized carbons (Fsp3) is 1.00. The van der Waals surface area contributed by atoms with E-state index < -0.39 is 18.7 Å². The van der Waals surface area contributed by atoms with Crippen molar-refractivity contribution in [1.82, 2.24) is 0 Å². The van der Waals surface area contributed by atoms with Gasteiger partial charge in [0.1, 0.15) is 0 Å². The van der Waals surface area contributed by atoms with Crippen molar-refractivity contribution in [2.45, 2.75) is 45.4 Å². The third kappa shape index (κ3) is 5.41. The maximum absolute atomic E-state index is 11.7. The zero-order valence-corrected chi connectivity index (χ0v) is 7.36. The quantitative estimate of drug-likeness (QED) is 0.712. The molecule has 4 heteroatoms. The van der Waals surface area contributed by atoms with Crippen molar-refractivity contribution < 1.29 is 18.3 Å². The molecule has 74 valence electrons. The zero-order chi connectivity index (χ0) is 9.78. The average Bonchev–Trinajstić information content (AvgIpc) is 1.97. The van der Waals surface area contributed by atoms with Crippen molar-refractivity contribution in [3.05, 3.63) is 0 Å². The molecule has 0 heterocycles. The minimum absolute atomic E-state index is 0.0124. The average molecular weight is 184 g/mol. The van der Waals surface area contributed by atoms with Crippen molar-refractivity contribution >= 4 is 0 Å². The van der Waals surface area contributed by atoms with E-state index in [2.05, 4.69) is 0 Å². The first kappa shape index (κ1) is 11.8. The van der Waals surface area contributed by atoms with Gasteiger partial charge in [-0.1, -0.05) is 13.8 Å². The SMILES string of the molecule is CCC(O)C(C)CCC(F)(F)F. The Hall–Kier alpha value is -0.250. The number of hydrogen-bond donors (Lipinski definition) is 1. The van der Waals surface area contributed by atoms with Crippen LogP contribution in [-0.4, -0.2) is 17.4 Å². The van der Waals surface area contributed by atoms with Crippen molar-refractivity contribution in [1.29, 1.82) is 0 Å². The van der Waals surface area contributed by atoms with Crippen LogP contribution in [0.15, 0.2) is 0 Å². The highest BCUT2D eigenvalue weighted by Gasteiger charge is 2.28. The molecule has 2 atom stereocenters. The molecule has 0 rings (SSSR count). The van der Waals surface area contributed by atoms with Crippen LogP contribution in [0.1, 0.15) is 33.1 Å². The molecule has 0 aliphatic heterocycles. The van der Waals surface area contributed by atoms with Gasteiger partial charge in [-0.15, -0.1) is 0 Å². The Kier molecular flexibility index (Phi) is 4.60. The van der Waals surface area contributed by atoms with Crippen LogP contribution in [0.25, 0.3) is 0 Å². The molecule has 0 aliphatic rings. The number of hydrogen-bond acceptors (Lipinski definition) is 1. The summed E-state index contributed by atoms with van der Waals surface area (Å²) in [6.07, 6.45) is -4.97.